The normalized spacial score (nSPS) is 7.90. The van der Waals surface area contributed by atoms with Gasteiger partial charge >= 0.3 is 5.97 Å². The first-order valence-electron chi connectivity index (χ1n) is 2.94. The van der Waals surface area contributed by atoms with Crippen molar-refractivity contribution in [2.45, 2.75) is 12.8 Å². The molecule has 0 amide bonds. The average Bonchev–Trinajstić information content (AvgIpc) is 1.97. The van der Waals surface area contributed by atoms with Gasteiger partial charge in [-0.2, -0.15) is 5.26 Å². The molecule has 0 aliphatic heterocycles. The van der Waals surface area contributed by atoms with E-state index < -0.39 is 0 Å². The molecule has 0 N–H and O–H groups in total. The molecule has 0 rings (SSSR count). The van der Waals surface area contributed by atoms with E-state index in [0.29, 0.717) is 12.8 Å². The molecule has 3 heteroatoms. The SMILES string of the molecule is C=CCCC(=O)OCC#N. The number of carbonyl (C=O) groups is 1. The lowest BCUT2D eigenvalue weighted by Gasteiger charge is -1.95. The van der Waals surface area contributed by atoms with Crippen molar-refractivity contribution in [2.75, 3.05) is 6.61 Å². The Morgan fingerprint density at radius 2 is 2.50 bits per heavy atom. The third-order valence-electron chi connectivity index (χ3n) is 0.850. The second kappa shape index (κ2) is 5.83. The van der Waals surface area contributed by atoms with Crippen LogP contribution in [-0.2, 0) is 9.53 Å². The van der Waals surface area contributed by atoms with Crippen molar-refractivity contribution in [1.82, 2.24) is 0 Å². The van der Waals surface area contributed by atoms with Gasteiger partial charge < -0.3 is 4.74 Å². The molecule has 0 saturated heterocycles. The quantitative estimate of drug-likeness (QED) is 0.431. The molecule has 0 atom stereocenters. The summed E-state index contributed by atoms with van der Waals surface area (Å²) in [5.41, 5.74) is 0. The summed E-state index contributed by atoms with van der Waals surface area (Å²) in [6.45, 7) is 3.28. The molecule has 0 bridgehead atoms. The Kier molecular flexibility index (Phi) is 5.07. The lowest BCUT2D eigenvalue weighted by atomic mass is 10.3. The van der Waals surface area contributed by atoms with E-state index in [2.05, 4.69) is 11.3 Å². The zero-order valence-electron chi connectivity index (χ0n) is 5.67. The second-order valence-electron chi connectivity index (χ2n) is 1.65. The van der Waals surface area contributed by atoms with Crippen LogP contribution in [0.5, 0.6) is 0 Å². The van der Waals surface area contributed by atoms with Crippen LogP contribution < -0.4 is 0 Å². The van der Waals surface area contributed by atoms with Gasteiger partial charge in [0.1, 0.15) is 6.07 Å². The van der Waals surface area contributed by atoms with E-state index in [1.165, 1.54) is 0 Å². The van der Waals surface area contributed by atoms with Gasteiger partial charge in [-0.25, -0.2) is 0 Å². The maximum absolute atomic E-state index is 10.5. The predicted octanol–water partition coefficient (Wildman–Crippen LogP) is 1.02. The molecule has 0 aromatic carbocycles. The van der Waals surface area contributed by atoms with Crippen LogP contribution in [-0.4, -0.2) is 12.6 Å². The molecule has 0 spiro atoms. The van der Waals surface area contributed by atoms with Crippen LogP contribution in [0.3, 0.4) is 0 Å². The first-order valence-corrected chi connectivity index (χ1v) is 2.94. The van der Waals surface area contributed by atoms with Crippen molar-refractivity contribution in [3.05, 3.63) is 12.7 Å². The number of esters is 1. The Balaban J connectivity index is 3.27. The lowest BCUT2D eigenvalue weighted by molar-refractivity contribution is -0.142. The lowest BCUT2D eigenvalue weighted by Crippen LogP contribution is -2.03. The van der Waals surface area contributed by atoms with Gasteiger partial charge in [0, 0.05) is 6.42 Å². The maximum Gasteiger partial charge on any atom is 0.307 e. The van der Waals surface area contributed by atoms with Crippen molar-refractivity contribution >= 4 is 5.97 Å². The summed E-state index contributed by atoms with van der Waals surface area (Å²) in [4.78, 5) is 10.5. The Morgan fingerprint density at radius 3 is 3.00 bits per heavy atom. The molecule has 10 heavy (non-hydrogen) atoms. The molecule has 0 heterocycles. The molecular weight excluding hydrogens is 130 g/mol. The summed E-state index contributed by atoms with van der Waals surface area (Å²) in [5.74, 6) is -0.346. The zero-order valence-corrected chi connectivity index (χ0v) is 5.67. The number of carbonyl (C=O) groups excluding carboxylic acids is 1. The van der Waals surface area contributed by atoms with Crippen molar-refractivity contribution in [1.29, 1.82) is 5.26 Å². The molecule has 0 fully saturated rings. The first kappa shape index (κ1) is 8.70. The molecule has 3 nitrogen and oxygen atoms in total. The molecule has 0 aliphatic carbocycles. The number of allylic oxidation sites excluding steroid dienone is 1. The Morgan fingerprint density at radius 1 is 1.80 bits per heavy atom. The van der Waals surface area contributed by atoms with E-state index in [1.807, 2.05) is 0 Å². The summed E-state index contributed by atoms with van der Waals surface area (Å²) in [7, 11) is 0. The van der Waals surface area contributed by atoms with E-state index in [-0.39, 0.29) is 12.6 Å². The number of hydrogen-bond acceptors (Lipinski definition) is 3. The summed E-state index contributed by atoms with van der Waals surface area (Å²) in [6.07, 6.45) is 2.54. The fourth-order valence-corrected chi connectivity index (χ4v) is 0.405. The molecule has 0 unspecified atom stereocenters. The summed E-state index contributed by atoms with van der Waals surface area (Å²) in [5, 5.41) is 7.99. The van der Waals surface area contributed by atoms with Crippen LogP contribution in [0.15, 0.2) is 12.7 Å². The van der Waals surface area contributed by atoms with Gasteiger partial charge in [0.2, 0.25) is 0 Å². The van der Waals surface area contributed by atoms with E-state index in [9.17, 15) is 4.79 Å². The van der Waals surface area contributed by atoms with Gasteiger partial charge in [-0.1, -0.05) is 6.08 Å². The van der Waals surface area contributed by atoms with Crippen molar-refractivity contribution in [3.8, 4) is 6.07 Å². The number of nitrogens with zero attached hydrogens (tertiary/aromatic N) is 1. The van der Waals surface area contributed by atoms with Crippen LogP contribution in [0.25, 0.3) is 0 Å². The minimum atomic E-state index is -0.346. The second-order valence-corrected chi connectivity index (χ2v) is 1.65. The van der Waals surface area contributed by atoms with E-state index in [1.54, 1.807) is 12.1 Å². The van der Waals surface area contributed by atoms with Crippen LogP contribution in [0.2, 0.25) is 0 Å². The Hall–Kier alpha value is -1.30. The average molecular weight is 139 g/mol. The van der Waals surface area contributed by atoms with Crippen LogP contribution >= 0.6 is 0 Å². The molecule has 0 aromatic rings. The molecular formula is C7H9NO2. The third kappa shape index (κ3) is 4.85. The number of rotatable bonds is 4. The molecule has 54 valence electrons. The summed E-state index contributed by atoms with van der Waals surface area (Å²) < 4.78 is 4.45. The van der Waals surface area contributed by atoms with E-state index >= 15 is 0 Å². The molecule has 0 radical (unpaired) electrons. The minimum Gasteiger partial charge on any atom is -0.450 e. The molecule has 0 aromatic heterocycles. The molecule has 0 aliphatic rings. The van der Waals surface area contributed by atoms with E-state index in [4.69, 9.17) is 5.26 Å². The third-order valence-corrected chi connectivity index (χ3v) is 0.850. The maximum atomic E-state index is 10.5. The minimum absolute atomic E-state index is 0.157. The Labute approximate surface area is 59.9 Å². The zero-order chi connectivity index (χ0) is 7.82. The van der Waals surface area contributed by atoms with Crippen molar-refractivity contribution < 1.29 is 9.53 Å². The van der Waals surface area contributed by atoms with Gasteiger partial charge in [0.15, 0.2) is 6.61 Å². The summed E-state index contributed by atoms with van der Waals surface area (Å²) >= 11 is 0. The Bertz CT molecular complexity index is 157. The first-order chi connectivity index (χ1) is 4.81. The fourth-order valence-electron chi connectivity index (χ4n) is 0.405. The van der Waals surface area contributed by atoms with Gasteiger partial charge in [0.05, 0.1) is 0 Å². The monoisotopic (exact) mass is 139 g/mol. The molecule has 0 saturated carbocycles. The van der Waals surface area contributed by atoms with Crippen molar-refractivity contribution in [3.63, 3.8) is 0 Å². The highest BCUT2D eigenvalue weighted by molar-refractivity contribution is 5.69. The van der Waals surface area contributed by atoms with Crippen molar-refractivity contribution in [2.24, 2.45) is 0 Å². The smallest absolute Gasteiger partial charge is 0.307 e. The summed E-state index contributed by atoms with van der Waals surface area (Å²) in [6, 6.07) is 1.71. The van der Waals surface area contributed by atoms with E-state index in [0.717, 1.165) is 0 Å². The van der Waals surface area contributed by atoms with Gasteiger partial charge in [-0.3, -0.25) is 4.79 Å². The van der Waals surface area contributed by atoms with Gasteiger partial charge in [-0.05, 0) is 6.42 Å². The van der Waals surface area contributed by atoms with Crippen LogP contribution in [0.4, 0.5) is 0 Å². The number of ether oxygens (including phenoxy) is 1. The number of hydrogen-bond donors (Lipinski definition) is 0. The highest BCUT2D eigenvalue weighted by Gasteiger charge is 1.98. The topological polar surface area (TPSA) is 50.1 Å². The highest BCUT2D eigenvalue weighted by atomic mass is 16.5. The standard InChI is InChI=1S/C7H9NO2/c1-2-3-4-7(9)10-6-5-8/h2H,1,3-4,6H2. The van der Waals surface area contributed by atoms with Gasteiger partial charge in [0.25, 0.3) is 0 Å². The largest absolute Gasteiger partial charge is 0.450 e. The van der Waals surface area contributed by atoms with Crippen LogP contribution in [0, 0.1) is 11.3 Å². The van der Waals surface area contributed by atoms with Crippen LogP contribution in [0.1, 0.15) is 12.8 Å². The fraction of sp³-hybridized carbons (Fsp3) is 0.429. The number of nitriles is 1. The predicted molar refractivity (Wildman–Crippen MR) is 36.0 cm³/mol. The highest BCUT2D eigenvalue weighted by Crippen LogP contribution is 1.91. The van der Waals surface area contributed by atoms with Gasteiger partial charge in [-0.15, -0.1) is 6.58 Å².